The minimum absolute atomic E-state index is 0. The Balaban J connectivity index is 0.00000176. The third-order valence-electron chi connectivity index (χ3n) is 3.78. The first kappa shape index (κ1) is 16.3. The normalized spacial score (nSPS) is 15.5. The van der Waals surface area contributed by atoms with E-state index in [-0.39, 0.29) is 12.4 Å². The zero-order valence-corrected chi connectivity index (χ0v) is 12.7. The van der Waals surface area contributed by atoms with Crippen molar-refractivity contribution in [3.63, 3.8) is 0 Å². The van der Waals surface area contributed by atoms with Crippen molar-refractivity contribution < 1.29 is 9.32 Å². The fourth-order valence-corrected chi connectivity index (χ4v) is 2.28. The first-order valence-electron chi connectivity index (χ1n) is 6.82. The number of nitrogens with zero attached hydrogens (tertiary/aromatic N) is 2. The van der Waals surface area contributed by atoms with E-state index in [9.17, 15) is 4.79 Å². The van der Waals surface area contributed by atoms with Crippen LogP contribution in [0.15, 0.2) is 28.8 Å². The molecular weight excluding hydrogens is 306 g/mol. The van der Waals surface area contributed by atoms with Gasteiger partial charge in [-0.1, -0.05) is 17.3 Å². The Bertz CT molecular complexity index is 652. The molecule has 1 aromatic heterocycles. The first-order chi connectivity index (χ1) is 10.1. The second kappa shape index (κ2) is 6.33. The Kier molecular flexibility index (Phi) is 4.68. The van der Waals surface area contributed by atoms with Gasteiger partial charge in [-0.2, -0.15) is 4.98 Å². The van der Waals surface area contributed by atoms with Crippen LogP contribution in [0.4, 0.5) is 4.79 Å². The number of nitrogens with two attached hydrogens (primary N) is 2. The lowest BCUT2D eigenvalue weighted by Crippen LogP contribution is -2.44. The van der Waals surface area contributed by atoms with E-state index in [1.807, 2.05) is 24.3 Å². The summed E-state index contributed by atoms with van der Waals surface area (Å²) in [6.07, 6.45) is 2.88. The van der Waals surface area contributed by atoms with Crippen LogP contribution >= 0.6 is 12.4 Å². The molecule has 1 saturated carbocycles. The van der Waals surface area contributed by atoms with Crippen LogP contribution in [0, 0.1) is 0 Å². The number of benzene rings is 1. The average Bonchev–Trinajstić information content (AvgIpc) is 2.93. The minimum Gasteiger partial charge on any atom is -0.352 e. The second-order valence-electron chi connectivity index (χ2n) is 5.35. The van der Waals surface area contributed by atoms with Gasteiger partial charge in [0.05, 0.1) is 5.54 Å². The molecule has 0 spiro atoms. The summed E-state index contributed by atoms with van der Waals surface area (Å²) >= 11 is 0. The Morgan fingerprint density at radius 3 is 2.55 bits per heavy atom. The highest BCUT2D eigenvalue weighted by Crippen LogP contribution is 2.37. The van der Waals surface area contributed by atoms with Gasteiger partial charge in [-0.05, 0) is 37.0 Å². The summed E-state index contributed by atoms with van der Waals surface area (Å²) in [7, 11) is 0. The fraction of sp³-hybridized carbons (Fsp3) is 0.357. The molecule has 7 nitrogen and oxygen atoms in total. The van der Waals surface area contributed by atoms with Crippen molar-refractivity contribution in [2.45, 2.75) is 31.3 Å². The van der Waals surface area contributed by atoms with Crippen LogP contribution in [0.1, 0.15) is 30.7 Å². The summed E-state index contributed by atoms with van der Waals surface area (Å²) in [5.41, 5.74) is 12.5. The summed E-state index contributed by atoms with van der Waals surface area (Å²) in [6, 6.07) is 6.92. The highest BCUT2D eigenvalue weighted by atomic mass is 35.5. The van der Waals surface area contributed by atoms with Crippen LogP contribution in [-0.4, -0.2) is 16.2 Å². The average molecular weight is 324 g/mol. The van der Waals surface area contributed by atoms with E-state index in [0.29, 0.717) is 18.3 Å². The van der Waals surface area contributed by atoms with Gasteiger partial charge in [0, 0.05) is 12.1 Å². The quantitative estimate of drug-likeness (QED) is 0.790. The predicted molar refractivity (Wildman–Crippen MR) is 83.1 cm³/mol. The van der Waals surface area contributed by atoms with E-state index in [1.165, 1.54) is 0 Å². The predicted octanol–water partition coefficient (Wildman–Crippen LogP) is 1.66. The summed E-state index contributed by atoms with van der Waals surface area (Å²) in [6.45, 7) is 0.386. The lowest BCUT2D eigenvalue weighted by Gasteiger charge is -2.34. The van der Waals surface area contributed by atoms with Crippen LogP contribution in [0.25, 0.3) is 11.5 Å². The minimum atomic E-state index is -0.547. The third kappa shape index (κ3) is 3.20. The highest BCUT2D eigenvalue weighted by Gasteiger charge is 2.39. The Labute approximate surface area is 133 Å². The monoisotopic (exact) mass is 323 g/mol. The van der Waals surface area contributed by atoms with Crippen LogP contribution in [0.5, 0.6) is 0 Å². The Morgan fingerprint density at radius 2 is 2.00 bits per heavy atom. The van der Waals surface area contributed by atoms with Crippen LogP contribution in [0.3, 0.4) is 0 Å². The molecule has 2 aromatic rings. The second-order valence-corrected chi connectivity index (χ2v) is 5.35. The van der Waals surface area contributed by atoms with Crippen molar-refractivity contribution in [3.05, 3.63) is 35.7 Å². The number of carbonyl (C=O) groups excluding carboxylic acids is 1. The van der Waals surface area contributed by atoms with Gasteiger partial charge in [0.15, 0.2) is 5.82 Å². The van der Waals surface area contributed by atoms with Crippen LogP contribution in [-0.2, 0) is 12.1 Å². The fourth-order valence-electron chi connectivity index (χ4n) is 2.28. The summed E-state index contributed by atoms with van der Waals surface area (Å²) in [4.78, 5) is 15.0. The molecule has 1 aliphatic carbocycles. The lowest BCUT2D eigenvalue weighted by atomic mass is 9.77. The van der Waals surface area contributed by atoms with Crippen molar-refractivity contribution in [2.75, 3.05) is 0 Å². The number of amides is 2. The molecule has 22 heavy (non-hydrogen) atoms. The number of nitrogens with one attached hydrogen (secondary N) is 1. The van der Waals surface area contributed by atoms with Gasteiger partial charge in [-0.25, -0.2) is 4.79 Å². The molecule has 1 aliphatic rings. The molecule has 0 radical (unpaired) electrons. The molecule has 1 heterocycles. The number of hydrogen-bond acceptors (Lipinski definition) is 5. The zero-order valence-electron chi connectivity index (χ0n) is 11.9. The SMILES string of the molecule is Cl.NC(=O)NCc1ccc(-c2nc(C3(N)CCC3)no2)cc1. The summed E-state index contributed by atoms with van der Waals surface area (Å²) in [5.74, 6) is 1.03. The maximum Gasteiger partial charge on any atom is 0.312 e. The van der Waals surface area contributed by atoms with Gasteiger partial charge < -0.3 is 21.3 Å². The van der Waals surface area contributed by atoms with E-state index in [2.05, 4.69) is 15.5 Å². The van der Waals surface area contributed by atoms with Gasteiger partial charge in [0.25, 0.3) is 5.89 Å². The van der Waals surface area contributed by atoms with Crippen molar-refractivity contribution in [3.8, 4) is 11.5 Å². The molecule has 3 rings (SSSR count). The summed E-state index contributed by atoms with van der Waals surface area (Å²) < 4.78 is 5.28. The van der Waals surface area contributed by atoms with Crippen molar-refractivity contribution in [1.29, 1.82) is 0 Å². The number of halogens is 1. The molecule has 1 fully saturated rings. The highest BCUT2D eigenvalue weighted by molar-refractivity contribution is 5.85. The maximum absolute atomic E-state index is 10.7. The molecular formula is C14H18ClN5O2. The number of urea groups is 1. The molecule has 0 atom stereocenters. The van der Waals surface area contributed by atoms with Crippen molar-refractivity contribution in [1.82, 2.24) is 15.5 Å². The lowest BCUT2D eigenvalue weighted by molar-refractivity contribution is 0.229. The van der Waals surface area contributed by atoms with E-state index < -0.39 is 11.6 Å². The van der Waals surface area contributed by atoms with Crippen LogP contribution < -0.4 is 16.8 Å². The number of carbonyl (C=O) groups is 1. The molecule has 1 aromatic carbocycles. The molecule has 0 saturated heterocycles. The topological polar surface area (TPSA) is 120 Å². The van der Waals surface area contributed by atoms with Gasteiger partial charge >= 0.3 is 6.03 Å². The van der Waals surface area contributed by atoms with Crippen molar-refractivity contribution in [2.24, 2.45) is 11.5 Å². The molecule has 0 aliphatic heterocycles. The molecule has 0 bridgehead atoms. The molecule has 5 N–H and O–H groups in total. The molecule has 8 heteroatoms. The molecule has 2 amide bonds. The van der Waals surface area contributed by atoms with Crippen molar-refractivity contribution >= 4 is 18.4 Å². The zero-order chi connectivity index (χ0) is 14.9. The van der Waals surface area contributed by atoms with Gasteiger partial charge in [-0.15, -0.1) is 12.4 Å². The maximum atomic E-state index is 10.7. The van der Waals surface area contributed by atoms with E-state index >= 15 is 0 Å². The van der Waals surface area contributed by atoms with Crippen LogP contribution in [0.2, 0.25) is 0 Å². The van der Waals surface area contributed by atoms with E-state index in [0.717, 1.165) is 30.4 Å². The standard InChI is InChI=1S/C14H17N5O2.ClH/c15-13(20)17-8-9-2-4-10(5-3-9)11-18-12(19-21-11)14(16)6-1-7-14;/h2-5H,1,6-8,16H2,(H3,15,17,20);1H. The molecule has 0 unspecified atom stereocenters. The van der Waals surface area contributed by atoms with Gasteiger partial charge in [-0.3, -0.25) is 0 Å². The number of hydrogen-bond donors (Lipinski definition) is 3. The third-order valence-corrected chi connectivity index (χ3v) is 3.78. The number of aromatic nitrogens is 2. The smallest absolute Gasteiger partial charge is 0.312 e. The van der Waals surface area contributed by atoms with Gasteiger partial charge in [0.1, 0.15) is 0 Å². The van der Waals surface area contributed by atoms with E-state index in [1.54, 1.807) is 0 Å². The largest absolute Gasteiger partial charge is 0.352 e. The Morgan fingerprint density at radius 1 is 1.32 bits per heavy atom. The number of rotatable bonds is 4. The Hall–Kier alpha value is -2.12. The first-order valence-corrected chi connectivity index (χ1v) is 6.82. The summed E-state index contributed by atoms with van der Waals surface area (Å²) in [5, 5.41) is 6.51. The van der Waals surface area contributed by atoms with E-state index in [4.69, 9.17) is 16.0 Å². The number of primary amides is 1. The van der Waals surface area contributed by atoms with Gasteiger partial charge in [0.2, 0.25) is 0 Å². The molecule has 118 valence electrons.